The molecule has 0 amide bonds. The molecule has 7 nitrogen and oxygen atoms in total. The number of anilines is 1. The van der Waals surface area contributed by atoms with Crippen LogP contribution >= 0.6 is 0 Å². The number of nitrogens with zero attached hydrogens (tertiary/aromatic N) is 3. The molecule has 0 fully saturated rings. The molecule has 1 aliphatic heterocycles. The normalized spacial score (nSPS) is 13.8. The Morgan fingerprint density at radius 1 is 1.17 bits per heavy atom. The topological polar surface area (TPSA) is 79.7 Å². The molecule has 2 aromatic heterocycles. The number of nitrogens with one attached hydrogen (secondary N) is 1. The summed E-state index contributed by atoms with van der Waals surface area (Å²) in [5.74, 6) is 1.24. The highest BCUT2D eigenvalue weighted by atomic mass is 16.5. The first kappa shape index (κ1) is 19.0. The number of benzene rings is 1. The lowest BCUT2D eigenvalue weighted by atomic mass is 10.1. The van der Waals surface area contributed by atoms with Gasteiger partial charge in [-0.2, -0.15) is 0 Å². The molecule has 150 valence electrons. The van der Waals surface area contributed by atoms with E-state index in [9.17, 15) is 5.11 Å². The standard InChI is InChI=1S/C22H24N4O3/c1-28-21-5-4-16(9-20(21)27)13-26-8-7-24-19-12-25-22(10-18(19)14-26)29-15-17-3-2-6-23-11-17/h2-6,9-12,24,27H,7-8,13-15H2,1H3. The maximum Gasteiger partial charge on any atom is 0.213 e. The molecule has 0 aliphatic carbocycles. The Balaban J connectivity index is 1.45. The number of rotatable bonds is 6. The van der Waals surface area contributed by atoms with E-state index in [2.05, 4.69) is 20.2 Å². The first-order valence-electron chi connectivity index (χ1n) is 9.54. The lowest BCUT2D eigenvalue weighted by Gasteiger charge is -2.20. The number of aromatic hydroxyl groups is 1. The van der Waals surface area contributed by atoms with Crippen molar-refractivity contribution >= 4 is 5.69 Å². The SMILES string of the molecule is COc1ccc(CN2CCNc3cnc(OCc4cccnc4)cc3C2)cc1O. The second-order valence-electron chi connectivity index (χ2n) is 6.97. The van der Waals surface area contributed by atoms with Crippen molar-refractivity contribution in [3.05, 3.63) is 71.7 Å². The van der Waals surface area contributed by atoms with Gasteiger partial charge in [-0.15, -0.1) is 0 Å². The molecular weight excluding hydrogens is 368 g/mol. The molecule has 29 heavy (non-hydrogen) atoms. The average molecular weight is 392 g/mol. The van der Waals surface area contributed by atoms with Crippen LogP contribution in [0.1, 0.15) is 16.7 Å². The van der Waals surface area contributed by atoms with Crippen LogP contribution in [-0.2, 0) is 19.7 Å². The van der Waals surface area contributed by atoms with E-state index >= 15 is 0 Å². The van der Waals surface area contributed by atoms with Crippen LogP contribution in [0.15, 0.2) is 55.0 Å². The van der Waals surface area contributed by atoms with Gasteiger partial charge in [0.05, 0.1) is 19.0 Å². The highest BCUT2D eigenvalue weighted by molar-refractivity contribution is 5.51. The molecule has 0 saturated carbocycles. The Morgan fingerprint density at radius 2 is 2.10 bits per heavy atom. The van der Waals surface area contributed by atoms with Crippen LogP contribution in [-0.4, -0.2) is 40.2 Å². The van der Waals surface area contributed by atoms with Gasteiger partial charge in [0, 0.05) is 50.2 Å². The molecule has 1 aliphatic rings. The lowest BCUT2D eigenvalue weighted by molar-refractivity contribution is 0.268. The van der Waals surface area contributed by atoms with Gasteiger partial charge in [0.2, 0.25) is 5.88 Å². The zero-order chi connectivity index (χ0) is 20.1. The maximum absolute atomic E-state index is 10.0. The van der Waals surface area contributed by atoms with E-state index in [1.165, 1.54) is 0 Å². The van der Waals surface area contributed by atoms with Crippen LogP contribution in [0.2, 0.25) is 0 Å². The number of hydrogen-bond acceptors (Lipinski definition) is 7. The van der Waals surface area contributed by atoms with Gasteiger partial charge in [-0.1, -0.05) is 12.1 Å². The largest absolute Gasteiger partial charge is 0.504 e. The zero-order valence-corrected chi connectivity index (χ0v) is 16.3. The van der Waals surface area contributed by atoms with Crippen molar-refractivity contribution in [2.24, 2.45) is 0 Å². The number of phenols is 1. The Bertz CT molecular complexity index is 966. The predicted molar refractivity (Wildman–Crippen MR) is 110 cm³/mol. The third-order valence-electron chi connectivity index (χ3n) is 4.86. The summed E-state index contributed by atoms with van der Waals surface area (Å²) in [5.41, 5.74) is 4.20. The highest BCUT2D eigenvalue weighted by Gasteiger charge is 2.16. The van der Waals surface area contributed by atoms with Crippen molar-refractivity contribution in [1.29, 1.82) is 0 Å². The summed E-state index contributed by atoms with van der Waals surface area (Å²) in [6.07, 6.45) is 5.36. The van der Waals surface area contributed by atoms with Crippen LogP contribution in [0.4, 0.5) is 5.69 Å². The monoisotopic (exact) mass is 392 g/mol. The quantitative estimate of drug-likeness (QED) is 0.667. The fraction of sp³-hybridized carbons (Fsp3) is 0.273. The second-order valence-corrected chi connectivity index (χ2v) is 6.97. The molecule has 1 aromatic carbocycles. The zero-order valence-electron chi connectivity index (χ0n) is 16.3. The Labute approximate surface area is 169 Å². The summed E-state index contributed by atoms with van der Waals surface area (Å²) in [5, 5.41) is 13.5. The molecule has 4 rings (SSSR count). The minimum absolute atomic E-state index is 0.161. The van der Waals surface area contributed by atoms with Crippen LogP contribution in [0.5, 0.6) is 17.4 Å². The van der Waals surface area contributed by atoms with E-state index in [-0.39, 0.29) is 5.75 Å². The summed E-state index contributed by atoms with van der Waals surface area (Å²) in [6, 6.07) is 11.4. The second kappa shape index (κ2) is 8.79. The summed E-state index contributed by atoms with van der Waals surface area (Å²) < 4.78 is 11.0. The predicted octanol–water partition coefficient (Wildman–Crippen LogP) is 3.20. The van der Waals surface area contributed by atoms with Crippen LogP contribution in [0.3, 0.4) is 0 Å². The number of pyridine rings is 2. The number of phenolic OH excluding ortho intramolecular Hbond substituents is 1. The van der Waals surface area contributed by atoms with Gasteiger partial charge in [0.1, 0.15) is 6.61 Å². The van der Waals surface area contributed by atoms with Gasteiger partial charge >= 0.3 is 0 Å². The Kier molecular flexibility index (Phi) is 5.76. The lowest BCUT2D eigenvalue weighted by Crippen LogP contribution is -2.25. The van der Waals surface area contributed by atoms with Gasteiger partial charge in [-0.3, -0.25) is 9.88 Å². The number of methoxy groups -OCH3 is 1. The van der Waals surface area contributed by atoms with Crippen LogP contribution < -0.4 is 14.8 Å². The number of ether oxygens (including phenoxy) is 2. The van der Waals surface area contributed by atoms with Gasteiger partial charge in [-0.05, 0) is 29.3 Å². The molecule has 7 heteroatoms. The molecule has 3 aromatic rings. The first-order chi connectivity index (χ1) is 14.2. The third kappa shape index (κ3) is 4.75. The summed E-state index contributed by atoms with van der Waals surface area (Å²) in [4.78, 5) is 10.8. The fourth-order valence-corrected chi connectivity index (χ4v) is 3.38. The Hall–Kier alpha value is -3.32. The number of aromatic nitrogens is 2. The molecule has 2 N–H and O–H groups in total. The smallest absolute Gasteiger partial charge is 0.213 e. The molecule has 0 saturated heterocycles. The van der Waals surface area contributed by atoms with Crippen LogP contribution in [0.25, 0.3) is 0 Å². The molecule has 0 atom stereocenters. The van der Waals surface area contributed by atoms with E-state index < -0.39 is 0 Å². The molecular formula is C22H24N4O3. The number of hydrogen-bond donors (Lipinski definition) is 2. The van der Waals surface area contributed by atoms with E-state index in [0.29, 0.717) is 18.2 Å². The van der Waals surface area contributed by atoms with Crippen molar-refractivity contribution in [1.82, 2.24) is 14.9 Å². The van der Waals surface area contributed by atoms with Crippen molar-refractivity contribution in [2.75, 3.05) is 25.5 Å². The van der Waals surface area contributed by atoms with Gasteiger partial charge in [-0.25, -0.2) is 4.98 Å². The van der Waals surface area contributed by atoms with Gasteiger partial charge in [0.15, 0.2) is 11.5 Å². The summed E-state index contributed by atoms with van der Waals surface area (Å²) in [6.45, 7) is 3.63. The van der Waals surface area contributed by atoms with Crippen molar-refractivity contribution < 1.29 is 14.6 Å². The maximum atomic E-state index is 10.0. The fourth-order valence-electron chi connectivity index (χ4n) is 3.38. The third-order valence-corrected chi connectivity index (χ3v) is 4.86. The molecule has 0 spiro atoms. The number of fused-ring (bicyclic) bond motifs is 1. The van der Waals surface area contributed by atoms with E-state index in [1.807, 2.05) is 30.5 Å². The Morgan fingerprint density at radius 3 is 2.90 bits per heavy atom. The van der Waals surface area contributed by atoms with Crippen molar-refractivity contribution in [2.45, 2.75) is 19.7 Å². The molecule has 0 unspecified atom stereocenters. The molecule has 3 heterocycles. The summed E-state index contributed by atoms with van der Waals surface area (Å²) in [7, 11) is 1.55. The van der Waals surface area contributed by atoms with E-state index in [1.54, 1.807) is 31.6 Å². The van der Waals surface area contributed by atoms with Crippen LogP contribution in [0, 0.1) is 0 Å². The van der Waals surface area contributed by atoms with Crippen molar-refractivity contribution in [3.63, 3.8) is 0 Å². The first-order valence-corrected chi connectivity index (χ1v) is 9.54. The van der Waals surface area contributed by atoms with Crippen molar-refractivity contribution in [3.8, 4) is 17.4 Å². The van der Waals surface area contributed by atoms with E-state index in [0.717, 1.165) is 48.6 Å². The minimum Gasteiger partial charge on any atom is -0.504 e. The summed E-state index contributed by atoms with van der Waals surface area (Å²) >= 11 is 0. The minimum atomic E-state index is 0.161. The molecule has 0 bridgehead atoms. The van der Waals surface area contributed by atoms with E-state index in [4.69, 9.17) is 9.47 Å². The average Bonchev–Trinajstić information content (AvgIpc) is 2.94. The highest BCUT2D eigenvalue weighted by Crippen LogP contribution is 2.28. The van der Waals surface area contributed by atoms with Gasteiger partial charge in [0.25, 0.3) is 0 Å². The van der Waals surface area contributed by atoms with Gasteiger partial charge < -0.3 is 19.9 Å². The molecule has 0 radical (unpaired) electrons.